The Bertz CT molecular complexity index is 3650. The predicted molar refractivity (Wildman–Crippen MR) is 326 cm³/mol. The van der Waals surface area contributed by atoms with Crippen molar-refractivity contribution in [3.63, 3.8) is 0 Å². The third-order valence-electron chi connectivity index (χ3n) is 16.7. The van der Waals surface area contributed by atoms with Crippen LogP contribution in [0.2, 0.25) is 0 Å². The molecule has 0 bridgehead atoms. The minimum Gasteiger partial charge on any atom is -0.311 e. The monoisotopic (exact) mass is 964 g/mol. The molecule has 360 valence electrons. The van der Waals surface area contributed by atoms with Gasteiger partial charge in [-0.1, -0.05) is 206 Å². The van der Waals surface area contributed by atoms with Crippen molar-refractivity contribution in [2.24, 2.45) is 0 Å². The van der Waals surface area contributed by atoms with Gasteiger partial charge in [-0.15, -0.1) is 0 Å². The maximum Gasteiger partial charge on any atom is 0.247 e. The Labute approximate surface area is 445 Å². The maximum absolute atomic E-state index is 2.65. The summed E-state index contributed by atoms with van der Waals surface area (Å²) in [6.07, 6.45) is 0. The van der Waals surface area contributed by atoms with Crippen molar-refractivity contribution >= 4 is 120 Å². The SMILES string of the molecule is Cc1cc(C)c(B2c3ccccc3N(c3ccccc3)c3cc4c(cc32)B(c2c(C)cc(C)cc2C)c2cc3c(cc2N4c2ccccc2)N(c2ccccc2)c2ccccc2B3c2c(C)cc(C)cc2C)c(C)c1. The van der Waals surface area contributed by atoms with Gasteiger partial charge < -0.3 is 14.7 Å². The van der Waals surface area contributed by atoms with E-state index in [2.05, 4.69) is 277 Å². The predicted octanol–water partition coefficient (Wildman–Crippen LogP) is 11.4. The molecule has 75 heavy (non-hydrogen) atoms. The van der Waals surface area contributed by atoms with Crippen LogP contribution in [0.1, 0.15) is 50.1 Å². The van der Waals surface area contributed by atoms with Gasteiger partial charge in [0.15, 0.2) is 0 Å². The number of hydrogen-bond acceptors (Lipinski definition) is 3. The van der Waals surface area contributed by atoms with Crippen molar-refractivity contribution < 1.29 is 0 Å². The summed E-state index contributed by atoms with van der Waals surface area (Å²) in [5, 5.41) is 0. The van der Waals surface area contributed by atoms with Crippen molar-refractivity contribution in [3.05, 3.63) is 250 Å². The largest absolute Gasteiger partial charge is 0.311 e. The van der Waals surface area contributed by atoms with Crippen LogP contribution in [0.4, 0.5) is 51.2 Å². The lowest BCUT2D eigenvalue weighted by Gasteiger charge is -2.44. The van der Waals surface area contributed by atoms with Gasteiger partial charge in [0.25, 0.3) is 0 Å². The van der Waals surface area contributed by atoms with Gasteiger partial charge in [-0.25, -0.2) is 0 Å². The van der Waals surface area contributed by atoms with Crippen LogP contribution in [0.25, 0.3) is 0 Å². The van der Waals surface area contributed by atoms with Crippen molar-refractivity contribution in [2.45, 2.75) is 62.3 Å². The summed E-state index contributed by atoms with van der Waals surface area (Å²) in [6, 6.07) is 76.3. The fraction of sp³-hybridized carbons (Fsp3) is 0.130. The third kappa shape index (κ3) is 7.43. The quantitative estimate of drug-likeness (QED) is 0.154. The molecule has 3 aliphatic rings. The molecule has 0 unspecified atom stereocenters. The van der Waals surface area contributed by atoms with E-state index in [1.54, 1.807) is 0 Å². The Kier molecular flexibility index (Phi) is 11.2. The zero-order valence-electron chi connectivity index (χ0n) is 44.6. The van der Waals surface area contributed by atoms with Crippen LogP contribution in [0.5, 0.6) is 0 Å². The number of hydrogen-bond donors (Lipinski definition) is 0. The van der Waals surface area contributed by atoms with E-state index >= 15 is 0 Å². The van der Waals surface area contributed by atoms with Crippen LogP contribution in [-0.2, 0) is 0 Å². The van der Waals surface area contributed by atoms with Crippen molar-refractivity contribution in [3.8, 4) is 0 Å². The minimum atomic E-state index is -0.0995. The molecule has 0 fully saturated rings. The number of anilines is 9. The number of fused-ring (bicyclic) bond motifs is 6. The van der Waals surface area contributed by atoms with Gasteiger partial charge in [-0.05, 0) is 156 Å². The van der Waals surface area contributed by atoms with Crippen molar-refractivity contribution in [1.82, 2.24) is 0 Å². The standard InChI is InChI=1S/C69H60B3N3/c1-43-33-46(4)67(47(5)34-43)70-55-29-19-21-31-61(55)73(52-23-13-10-14-24-52)63-41-65-59(39-57(63)70)72(69-50(8)37-45(3)38-51(69)9)60-40-58-64(42-66(60)75(65)54-27-17-12-18-28-54)74(53-25-15-11-16-26-53)62-32-22-20-30-56(62)71(58)68-48(6)35-44(2)36-49(68)7/h10-42H,1-9H3. The molecular formula is C69H60B3N3. The molecule has 13 rings (SSSR count). The first-order chi connectivity index (χ1) is 36.4. The molecule has 0 saturated heterocycles. The van der Waals surface area contributed by atoms with Crippen LogP contribution in [0, 0.1) is 62.3 Å². The van der Waals surface area contributed by atoms with E-state index in [4.69, 9.17) is 0 Å². The van der Waals surface area contributed by atoms with E-state index < -0.39 is 0 Å². The summed E-state index contributed by atoms with van der Waals surface area (Å²) in [7, 11) is 0. The smallest absolute Gasteiger partial charge is 0.247 e. The van der Waals surface area contributed by atoms with Gasteiger partial charge in [0.2, 0.25) is 20.1 Å². The zero-order chi connectivity index (χ0) is 51.4. The van der Waals surface area contributed by atoms with Crippen molar-refractivity contribution in [2.75, 3.05) is 14.7 Å². The average molecular weight is 964 g/mol. The molecule has 6 heteroatoms. The van der Waals surface area contributed by atoms with Gasteiger partial charge in [0.05, 0.1) is 0 Å². The Morgan fingerprint density at radius 3 is 0.760 bits per heavy atom. The molecular weight excluding hydrogens is 903 g/mol. The number of aryl methyl sites for hydroxylation is 9. The number of para-hydroxylation sites is 5. The fourth-order valence-electron chi connectivity index (χ4n) is 14.1. The molecule has 0 aromatic heterocycles. The fourth-order valence-corrected chi connectivity index (χ4v) is 14.1. The minimum absolute atomic E-state index is 0.00849. The van der Waals surface area contributed by atoms with Crippen LogP contribution in [0.3, 0.4) is 0 Å². The summed E-state index contributed by atoms with van der Waals surface area (Å²) in [6.45, 7) is 20.6. The normalized spacial score (nSPS) is 13.2. The Morgan fingerprint density at radius 2 is 0.467 bits per heavy atom. The Balaban J connectivity index is 1.19. The third-order valence-corrected chi connectivity index (χ3v) is 16.7. The van der Waals surface area contributed by atoms with Crippen molar-refractivity contribution in [1.29, 1.82) is 0 Å². The highest BCUT2D eigenvalue weighted by molar-refractivity contribution is 7.02. The van der Waals surface area contributed by atoms with E-state index in [1.807, 2.05) is 0 Å². The molecule has 10 aromatic carbocycles. The summed E-state index contributed by atoms with van der Waals surface area (Å²) < 4.78 is 0. The van der Waals surface area contributed by atoms with Crippen LogP contribution in [0.15, 0.2) is 200 Å². The summed E-state index contributed by atoms with van der Waals surface area (Å²) in [5.41, 5.74) is 34.5. The van der Waals surface area contributed by atoms with Gasteiger partial charge in [-0.3, -0.25) is 0 Å². The lowest BCUT2D eigenvalue weighted by atomic mass is 9.29. The number of nitrogens with zero attached hydrogens (tertiary/aromatic N) is 3. The van der Waals surface area contributed by atoms with Gasteiger partial charge in [0, 0.05) is 51.2 Å². The zero-order valence-corrected chi connectivity index (χ0v) is 44.6. The molecule has 3 aliphatic heterocycles. The first-order valence-electron chi connectivity index (χ1n) is 26.8. The molecule has 3 nitrogen and oxygen atoms in total. The molecule has 10 aromatic rings. The molecule has 0 N–H and O–H groups in total. The van der Waals surface area contributed by atoms with Crippen LogP contribution in [-0.4, -0.2) is 20.1 Å². The van der Waals surface area contributed by atoms with E-state index in [-0.39, 0.29) is 20.1 Å². The highest BCUT2D eigenvalue weighted by Crippen LogP contribution is 2.45. The van der Waals surface area contributed by atoms with Gasteiger partial charge in [0.1, 0.15) is 0 Å². The first-order valence-corrected chi connectivity index (χ1v) is 26.8. The first kappa shape index (κ1) is 46.6. The highest BCUT2D eigenvalue weighted by atomic mass is 15.2. The topological polar surface area (TPSA) is 9.72 Å². The highest BCUT2D eigenvalue weighted by Gasteiger charge is 2.45. The lowest BCUT2D eigenvalue weighted by molar-refractivity contribution is 1.25. The molecule has 0 aliphatic carbocycles. The van der Waals surface area contributed by atoms with Crippen LogP contribution < -0.4 is 63.9 Å². The van der Waals surface area contributed by atoms with Gasteiger partial charge in [-0.2, -0.15) is 0 Å². The molecule has 0 saturated carbocycles. The second-order valence-electron chi connectivity index (χ2n) is 21.8. The van der Waals surface area contributed by atoms with Crippen LogP contribution >= 0.6 is 0 Å². The second-order valence-corrected chi connectivity index (χ2v) is 21.8. The number of rotatable bonds is 6. The second kappa shape index (κ2) is 18.0. The van der Waals surface area contributed by atoms with E-state index in [0.29, 0.717) is 0 Å². The average Bonchev–Trinajstić information content (AvgIpc) is 3.46. The van der Waals surface area contributed by atoms with E-state index in [0.717, 1.165) is 17.1 Å². The molecule has 0 amide bonds. The molecule has 3 heterocycles. The van der Waals surface area contributed by atoms with Gasteiger partial charge >= 0.3 is 0 Å². The molecule has 0 atom stereocenters. The molecule has 0 radical (unpaired) electrons. The van der Waals surface area contributed by atoms with E-state index in [9.17, 15) is 0 Å². The Hall–Kier alpha value is -8.21. The molecule has 0 spiro atoms. The maximum atomic E-state index is 2.65. The summed E-state index contributed by atoms with van der Waals surface area (Å²) in [4.78, 5) is 7.67. The number of benzene rings is 10. The van der Waals surface area contributed by atoms with E-state index in [1.165, 1.54) is 133 Å². The summed E-state index contributed by atoms with van der Waals surface area (Å²) in [5.74, 6) is 0. The summed E-state index contributed by atoms with van der Waals surface area (Å²) >= 11 is 0. The lowest BCUT2D eigenvalue weighted by Crippen LogP contribution is -2.65. The Morgan fingerprint density at radius 1 is 0.227 bits per heavy atom.